The van der Waals surface area contributed by atoms with Gasteiger partial charge in [-0.2, -0.15) is 0 Å². The third-order valence-corrected chi connectivity index (χ3v) is 5.76. The summed E-state index contributed by atoms with van der Waals surface area (Å²) < 4.78 is 25.7. The highest BCUT2D eigenvalue weighted by atomic mass is 32.2. The molecule has 30 heavy (non-hydrogen) atoms. The highest BCUT2D eigenvalue weighted by Gasteiger charge is 2.19. The Morgan fingerprint density at radius 2 is 1.67 bits per heavy atom. The molecule has 4 rings (SSSR count). The number of rotatable bonds is 4. The predicted molar refractivity (Wildman–Crippen MR) is 121 cm³/mol. The van der Waals surface area contributed by atoms with Gasteiger partial charge in [-0.15, -0.1) is 0 Å². The van der Waals surface area contributed by atoms with E-state index >= 15 is 0 Å². The fourth-order valence-corrected chi connectivity index (χ4v) is 4.42. The van der Waals surface area contributed by atoms with Crippen LogP contribution in [0.2, 0.25) is 0 Å². The molecule has 0 heterocycles. The minimum atomic E-state index is -3.36. The van der Waals surface area contributed by atoms with Gasteiger partial charge in [-0.25, -0.2) is 8.42 Å². The molecule has 0 radical (unpaired) electrons. The summed E-state index contributed by atoms with van der Waals surface area (Å²) in [4.78, 5) is 11.7. The van der Waals surface area contributed by atoms with Gasteiger partial charge in [-0.05, 0) is 76.6 Å². The third-order valence-electron chi connectivity index (χ3n) is 5.15. The van der Waals surface area contributed by atoms with Crippen molar-refractivity contribution in [3.05, 3.63) is 100 Å². The molecular formula is C24H22N2O3S. The lowest BCUT2D eigenvalue weighted by Gasteiger charge is -2.13. The second kappa shape index (κ2) is 7.80. The Kier molecular flexibility index (Phi) is 5.18. The monoisotopic (exact) mass is 418 g/mol. The largest absolute Gasteiger partial charge is 0.366 e. The molecule has 152 valence electrons. The molecule has 0 spiro atoms. The average Bonchev–Trinajstić information content (AvgIpc) is 2.84. The molecule has 0 fully saturated rings. The van der Waals surface area contributed by atoms with E-state index in [0.29, 0.717) is 11.3 Å². The molecule has 0 aromatic heterocycles. The van der Waals surface area contributed by atoms with Gasteiger partial charge in [0.25, 0.3) is 0 Å². The van der Waals surface area contributed by atoms with Crippen LogP contribution in [0.4, 0.5) is 5.69 Å². The molecule has 3 aromatic rings. The van der Waals surface area contributed by atoms with Crippen LogP contribution < -0.4 is 10.5 Å². The number of nitrogens with two attached hydrogens (primary N) is 1. The number of carbonyl (C=O) groups is 1. The number of anilines is 1. The number of benzene rings is 3. The van der Waals surface area contributed by atoms with E-state index in [1.165, 1.54) is 5.56 Å². The molecule has 1 amide bonds. The lowest BCUT2D eigenvalue weighted by molar-refractivity contribution is 0.1000. The van der Waals surface area contributed by atoms with Crippen molar-refractivity contribution in [2.24, 2.45) is 5.73 Å². The van der Waals surface area contributed by atoms with Gasteiger partial charge in [0.15, 0.2) is 0 Å². The first-order valence-electron chi connectivity index (χ1n) is 9.61. The second-order valence-corrected chi connectivity index (χ2v) is 9.20. The zero-order chi connectivity index (χ0) is 21.3. The smallest absolute Gasteiger partial charge is 0.248 e. The maximum atomic E-state index is 11.7. The number of primary amides is 1. The van der Waals surface area contributed by atoms with Gasteiger partial charge < -0.3 is 5.73 Å². The fraction of sp³-hybridized carbons (Fsp3) is 0.125. The minimum Gasteiger partial charge on any atom is -0.366 e. The minimum absolute atomic E-state index is 0.440. The van der Waals surface area contributed by atoms with Crippen molar-refractivity contribution in [3.63, 3.8) is 0 Å². The Morgan fingerprint density at radius 1 is 0.933 bits per heavy atom. The van der Waals surface area contributed by atoms with E-state index in [1.807, 2.05) is 36.4 Å². The quantitative estimate of drug-likeness (QED) is 0.675. The van der Waals surface area contributed by atoms with Crippen LogP contribution in [0.25, 0.3) is 11.6 Å². The van der Waals surface area contributed by atoms with Crippen LogP contribution in [-0.2, 0) is 22.9 Å². The summed E-state index contributed by atoms with van der Waals surface area (Å²) in [5, 5.41) is 0. The zero-order valence-corrected chi connectivity index (χ0v) is 17.4. The molecule has 0 bridgehead atoms. The molecule has 5 nitrogen and oxygen atoms in total. The van der Waals surface area contributed by atoms with Gasteiger partial charge in [0.2, 0.25) is 15.9 Å². The summed E-state index contributed by atoms with van der Waals surface area (Å²) in [6.07, 6.45) is 4.85. The SMILES string of the molecule is CS(=O)(=O)Nc1cccc(/C=C2\c3ccccc3CCc3cc(C(N)=O)ccc32)c1. The summed E-state index contributed by atoms with van der Waals surface area (Å²) in [7, 11) is -3.36. The van der Waals surface area contributed by atoms with Crippen LogP contribution in [-0.4, -0.2) is 20.6 Å². The lowest BCUT2D eigenvalue weighted by atomic mass is 9.91. The fourth-order valence-electron chi connectivity index (χ4n) is 3.86. The normalized spacial score (nSPS) is 14.5. The van der Waals surface area contributed by atoms with E-state index < -0.39 is 15.9 Å². The summed E-state index contributed by atoms with van der Waals surface area (Å²) in [5.41, 5.74) is 12.9. The van der Waals surface area contributed by atoms with Crippen molar-refractivity contribution in [2.75, 3.05) is 11.0 Å². The average molecular weight is 419 g/mol. The lowest BCUT2D eigenvalue weighted by Crippen LogP contribution is -2.11. The number of nitrogens with one attached hydrogen (secondary N) is 1. The summed E-state index contributed by atoms with van der Waals surface area (Å²) >= 11 is 0. The van der Waals surface area contributed by atoms with Gasteiger partial charge in [0.1, 0.15) is 0 Å². The van der Waals surface area contributed by atoms with Gasteiger partial charge in [-0.1, -0.05) is 42.5 Å². The van der Waals surface area contributed by atoms with Crippen LogP contribution in [0.5, 0.6) is 0 Å². The van der Waals surface area contributed by atoms with Gasteiger partial charge in [0.05, 0.1) is 6.26 Å². The number of sulfonamides is 1. The molecule has 0 aliphatic heterocycles. The van der Waals surface area contributed by atoms with E-state index in [-0.39, 0.29) is 0 Å². The molecule has 1 aliphatic carbocycles. The first-order chi connectivity index (χ1) is 14.3. The van der Waals surface area contributed by atoms with Crippen molar-refractivity contribution in [1.82, 2.24) is 0 Å². The van der Waals surface area contributed by atoms with Crippen LogP contribution in [0.15, 0.2) is 66.7 Å². The highest BCUT2D eigenvalue weighted by molar-refractivity contribution is 7.92. The van der Waals surface area contributed by atoms with E-state index in [2.05, 4.69) is 22.9 Å². The Hall–Kier alpha value is -3.38. The van der Waals surface area contributed by atoms with E-state index in [4.69, 9.17) is 5.73 Å². The Morgan fingerprint density at radius 3 is 2.43 bits per heavy atom. The number of amides is 1. The van der Waals surface area contributed by atoms with Crippen LogP contribution in [0.1, 0.15) is 38.2 Å². The maximum Gasteiger partial charge on any atom is 0.248 e. The maximum absolute atomic E-state index is 11.7. The van der Waals surface area contributed by atoms with E-state index in [1.54, 1.807) is 18.2 Å². The molecule has 1 aliphatic rings. The molecular weight excluding hydrogens is 396 g/mol. The molecule has 3 aromatic carbocycles. The first kappa shape index (κ1) is 19.9. The van der Waals surface area contributed by atoms with Gasteiger partial charge >= 0.3 is 0 Å². The van der Waals surface area contributed by atoms with Crippen LogP contribution >= 0.6 is 0 Å². The van der Waals surface area contributed by atoms with E-state index in [0.717, 1.165) is 46.9 Å². The second-order valence-electron chi connectivity index (χ2n) is 7.45. The molecule has 3 N–H and O–H groups in total. The van der Waals surface area contributed by atoms with Crippen molar-refractivity contribution in [3.8, 4) is 0 Å². The summed E-state index contributed by atoms with van der Waals surface area (Å²) in [6.45, 7) is 0. The number of hydrogen-bond donors (Lipinski definition) is 2. The number of carbonyl (C=O) groups excluding carboxylic acids is 1. The Labute approximate surface area is 176 Å². The molecule has 0 saturated heterocycles. The standard InChI is InChI=1S/C24H22N2O3S/c1-30(28,29)26-20-7-4-5-16(13-20)14-23-21-8-3-2-6-17(21)9-10-18-15-19(24(25)27)11-12-22(18)23/h2-8,11-15,26H,9-10H2,1H3,(H2,25,27)/b23-14+. The van der Waals surface area contributed by atoms with Gasteiger partial charge in [0, 0.05) is 11.3 Å². The molecule has 0 atom stereocenters. The van der Waals surface area contributed by atoms with Crippen molar-refractivity contribution >= 4 is 33.3 Å². The van der Waals surface area contributed by atoms with E-state index in [9.17, 15) is 13.2 Å². The molecule has 0 saturated carbocycles. The Balaban J connectivity index is 1.88. The van der Waals surface area contributed by atoms with Crippen molar-refractivity contribution in [2.45, 2.75) is 12.8 Å². The van der Waals surface area contributed by atoms with Gasteiger partial charge in [-0.3, -0.25) is 9.52 Å². The summed E-state index contributed by atoms with van der Waals surface area (Å²) in [6, 6.07) is 21.1. The van der Waals surface area contributed by atoms with Crippen molar-refractivity contribution in [1.29, 1.82) is 0 Å². The summed E-state index contributed by atoms with van der Waals surface area (Å²) in [5.74, 6) is -0.440. The van der Waals surface area contributed by atoms with Crippen LogP contribution in [0.3, 0.4) is 0 Å². The highest BCUT2D eigenvalue weighted by Crippen LogP contribution is 2.35. The first-order valence-corrected chi connectivity index (χ1v) is 11.5. The van der Waals surface area contributed by atoms with Crippen LogP contribution in [0, 0.1) is 0 Å². The zero-order valence-electron chi connectivity index (χ0n) is 16.6. The Bertz CT molecular complexity index is 1280. The number of fused-ring (bicyclic) bond motifs is 2. The molecule has 0 unspecified atom stereocenters. The van der Waals surface area contributed by atoms with Crippen molar-refractivity contribution < 1.29 is 13.2 Å². The number of aryl methyl sites for hydroxylation is 2. The topological polar surface area (TPSA) is 89.3 Å². The predicted octanol–water partition coefficient (Wildman–Crippen LogP) is 3.84. The third kappa shape index (κ3) is 4.28. The molecule has 6 heteroatoms. The number of hydrogen-bond acceptors (Lipinski definition) is 3.